The number of aromatic nitrogens is 3. The molecule has 4 nitrogen and oxygen atoms in total. The van der Waals surface area contributed by atoms with Gasteiger partial charge >= 0.3 is 0 Å². The van der Waals surface area contributed by atoms with Gasteiger partial charge in [-0.25, -0.2) is 9.97 Å². The zero-order valence-electron chi connectivity index (χ0n) is 23.4. The first-order valence-electron chi connectivity index (χ1n) is 14.5. The van der Waals surface area contributed by atoms with E-state index in [-0.39, 0.29) is 0 Å². The molecule has 0 spiro atoms. The molecule has 3 aromatic heterocycles. The van der Waals surface area contributed by atoms with E-state index < -0.39 is 0 Å². The van der Waals surface area contributed by atoms with Gasteiger partial charge in [0.15, 0.2) is 0 Å². The lowest BCUT2D eigenvalue weighted by Crippen LogP contribution is -2.03. The Morgan fingerprint density at radius 1 is 0.568 bits per heavy atom. The summed E-state index contributed by atoms with van der Waals surface area (Å²) < 4.78 is 4.76. The number of hydrogen-bond donors (Lipinski definition) is 0. The molecular weight excluding hydrogens is 557 g/mol. The summed E-state index contributed by atoms with van der Waals surface area (Å²) in [5, 5.41) is 15.3. The Balaban J connectivity index is 1.32. The van der Waals surface area contributed by atoms with Crippen LogP contribution in [0, 0.1) is 11.3 Å². The van der Waals surface area contributed by atoms with Crippen LogP contribution in [0.2, 0.25) is 0 Å². The summed E-state index contributed by atoms with van der Waals surface area (Å²) in [4.78, 5) is 10.5. The number of benzene rings is 6. The smallest absolute Gasteiger partial charge is 0.235 e. The third-order valence-electron chi connectivity index (χ3n) is 8.45. The fraction of sp³-hybridized carbons (Fsp3) is 0. The van der Waals surface area contributed by atoms with Crippen LogP contribution in [0.15, 0.2) is 133 Å². The molecule has 0 aliphatic carbocycles. The Morgan fingerprint density at radius 3 is 2.16 bits per heavy atom. The van der Waals surface area contributed by atoms with Crippen molar-refractivity contribution in [1.82, 2.24) is 14.5 Å². The Kier molecular flexibility index (Phi) is 5.40. The van der Waals surface area contributed by atoms with Crippen LogP contribution in [0.5, 0.6) is 0 Å². The monoisotopic (exact) mass is 578 g/mol. The summed E-state index contributed by atoms with van der Waals surface area (Å²) in [6, 6.07) is 48.3. The molecule has 9 rings (SSSR count). The summed E-state index contributed by atoms with van der Waals surface area (Å²) in [5.41, 5.74) is 7.74. The first kappa shape index (κ1) is 24.7. The molecule has 0 unspecified atom stereocenters. The maximum absolute atomic E-state index is 9.37. The van der Waals surface area contributed by atoms with Gasteiger partial charge in [-0.15, -0.1) is 11.3 Å². The van der Waals surface area contributed by atoms with E-state index in [1.54, 1.807) is 0 Å². The van der Waals surface area contributed by atoms with E-state index >= 15 is 0 Å². The molecular formula is C39H22N4S. The van der Waals surface area contributed by atoms with Crippen molar-refractivity contribution in [3.63, 3.8) is 0 Å². The summed E-state index contributed by atoms with van der Waals surface area (Å²) in [5.74, 6) is 0.653. The second-order valence-electron chi connectivity index (χ2n) is 10.9. The summed E-state index contributed by atoms with van der Waals surface area (Å²) >= 11 is 1.83. The number of para-hydroxylation sites is 2. The number of fused-ring (bicyclic) bond motifs is 8. The second kappa shape index (κ2) is 9.60. The van der Waals surface area contributed by atoms with Crippen molar-refractivity contribution >= 4 is 64.2 Å². The highest BCUT2D eigenvalue weighted by molar-refractivity contribution is 7.26. The van der Waals surface area contributed by atoms with E-state index in [2.05, 4.69) is 108 Å². The summed E-state index contributed by atoms with van der Waals surface area (Å²) in [6.45, 7) is 0. The molecule has 3 heterocycles. The van der Waals surface area contributed by atoms with Gasteiger partial charge in [0.2, 0.25) is 5.95 Å². The van der Waals surface area contributed by atoms with Crippen LogP contribution in [0.3, 0.4) is 0 Å². The second-order valence-corrected chi connectivity index (χ2v) is 12.0. The highest BCUT2D eigenvalue weighted by Crippen LogP contribution is 2.43. The predicted octanol–water partition coefficient (Wildman–Crippen LogP) is 10.3. The molecule has 0 atom stereocenters. The molecule has 0 fully saturated rings. The van der Waals surface area contributed by atoms with Gasteiger partial charge in [0, 0.05) is 37.2 Å². The molecule has 0 bridgehead atoms. The van der Waals surface area contributed by atoms with Gasteiger partial charge in [-0.3, -0.25) is 4.57 Å². The summed E-state index contributed by atoms with van der Waals surface area (Å²) in [6.07, 6.45) is 0. The minimum atomic E-state index is 0.650. The predicted molar refractivity (Wildman–Crippen MR) is 182 cm³/mol. The van der Waals surface area contributed by atoms with Crippen molar-refractivity contribution < 1.29 is 0 Å². The van der Waals surface area contributed by atoms with E-state index in [1.165, 1.54) is 30.9 Å². The first-order chi connectivity index (χ1) is 21.8. The fourth-order valence-corrected chi connectivity index (χ4v) is 7.65. The SMILES string of the molecule is N#Cc1cccc(-c2ccc(-c3nc(-n4c5ccccc5c5ccc6c7ccccc7sc6c54)nc4ccccc34)cc2)c1. The first-order valence-corrected chi connectivity index (χ1v) is 15.3. The van der Waals surface area contributed by atoms with Crippen LogP contribution in [-0.4, -0.2) is 14.5 Å². The van der Waals surface area contributed by atoms with Crippen molar-refractivity contribution in [2.24, 2.45) is 0 Å². The highest BCUT2D eigenvalue weighted by Gasteiger charge is 2.20. The van der Waals surface area contributed by atoms with E-state index in [4.69, 9.17) is 9.97 Å². The molecule has 0 saturated carbocycles. The van der Waals surface area contributed by atoms with Crippen molar-refractivity contribution in [2.45, 2.75) is 0 Å². The highest BCUT2D eigenvalue weighted by atomic mass is 32.1. The van der Waals surface area contributed by atoms with Crippen LogP contribution in [0.1, 0.15) is 5.56 Å². The van der Waals surface area contributed by atoms with Gasteiger partial charge in [0.05, 0.1) is 38.6 Å². The van der Waals surface area contributed by atoms with Crippen LogP contribution in [0.25, 0.3) is 81.2 Å². The Morgan fingerprint density at radius 2 is 1.30 bits per heavy atom. The third kappa shape index (κ3) is 3.69. The average molecular weight is 579 g/mol. The zero-order valence-corrected chi connectivity index (χ0v) is 24.2. The molecule has 0 amide bonds. The van der Waals surface area contributed by atoms with Crippen molar-refractivity contribution in [3.8, 4) is 34.4 Å². The van der Waals surface area contributed by atoms with Gasteiger partial charge in [0.25, 0.3) is 0 Å². The standard InChI is InChI=1S/C39H22N4S/c40-23-24-8-7-9-27(22-24)25-16-18-26(19-17-25)36-32-12-1-4-13-33(32)41-39(42-36)43-34-14-5-2-10-28(34)30-20-21-31-29-11-3-6-15-35(29)44-38(31)37(30)43/h1-22H. The Bertz CT molecular complexity index is 2620. The number of rotatable bonds is 3. The van der Waals surface area contributed by atoms with Gasteiger partial charge in [-0.2, -0.15) is 5.26 Å². The third-order valence-corrected chi connectivity index (χ3v) is 9.65. The topological polar surface area (TPSA) is 54.5 Å². The lowest BCUT2D eigenvalue weighted by molar-refractivity contribution is 1.02. The van der Waals surface area contributed by atoms with Crippen molar-refractivity contribution in [2.75, 3.05) is 0 Å². The van der Waals surface area contributed by atoms with Crippen molar-refractivity contribution in [1.29, 1.82) is 5.26 Å². The van der Waals surface area contributed by atoms with E-state index in [1.807, 2.05) is 47.7 Å². The van der Waals surface area contributed by atoms with E-state index in [9.17, 15) is 5.26 Å². The molecule has 0 aliphatic heterocycles. The largest absolute Gasteiger partial charge is 0.276 e. The van der Waals surface area contributed by atoms with E-state index in [0.717, 1.165) is 44.3 Å². The number of thiophene rings is 1. The molecule has 5 heteroatoms. The van der Waals surface area contributed by atoms with Gasteiger partial charge in [-0.1, -0.05) is 103 Å². The molecule has 0 aliphatic rings. The number of nitriles is 1. The lowest BCUT2D eigenvalue weighted by atomic mass is 10.00. The van der Waals surface area contributed by atoms with Crippen LogP contribution >= 0.6 is 11.3 Å². The van der Waals surface area contributed by atoms with E-state index in [0.29, 0.717) is 11.5 Å². The molecule has 0 radical (unpaired) electrons. The van der Waals surface area contributed by atoms with Crippen LogP contribution < -0.4 is 0 Å². The lowest BCUT2D eigenvalue weighted by Gasteiger charge is -2.12. The number of nitrogens with zero attached hydrogens (tertiary/aromatic N) is 4. The molecule has 9 aromatic rings. The molecule has 0 N–H and O–H groups in total. The number of hydrogen-bond acceptors (Lipinski definition) is 4. The van der Waals surface area contributed by atoms with Gasteiger partial charge < -0.3 is 0 Å². The maximum Gasteiger partial charge on any atom is 0.235 e. The summed E-state index contributed by atoms with van der Waals surface area (Å²) in [7, 11) is 0. The molecule has 0 saturated heterocycles. The van der Waals surface area contributed by atoms with Crippen LogP contribution in [-0.2, 0) is 0 Å². The Labute approximate surface area is 256 Å². The average Bonchev–Trinajstić information content (AvgIpc) is 3.64. The Hall–Kier alpha value is -5.83. The minimum absolute atomic E-state index is 0.650. The molecule has 44 heavy (non-hydrogen) atoms. The zero-order chi connectivity index (χ0) is 29.2. The normalized spacial score (nSPS) is 11.6. The van der Waals surface area contributed by atoms with Crippen molar-refractivity contribution in [3.05, 3.63) is 139 Å². The quantitative estimate of drug-likeness (QED) is 0.210. The maximum atomic E-state index is 9.37. The fourth-order valence-electron chi connectivity index (χ4n) is 6.41. The van der Waals surface area contributed by atoms with Crippen LogP contribution in [0.4, 0.5) is 0 Å². The molecule has 204 valence electrons. The minimum Gasteiger partial charge on any atom is -0.276 e. The van der Waals surface area contributed by atoms with Gasteiger partial charge in [-0.05, 0) is 41.5 Å². The molecule has 6 aromatic carbocycles. The van der Waals surface area contributed by atoms with Gasteiger partial charge in [0.1, 0.15) is 0 Å².